The lowest BCUT2D eigenvalue weighted by atomic mass is 9.65. The number of hydrogen-bond acceptors (Lipinski definition) is 6. The highest BCUT2D eigenvalue weighted by Crippen LogP contribution is 2.69. The van der Waals surface area contributed by atoms with Crippen molar-refractivity contribution in [3.05, 3.63) is 85.5 Å². The van der Waals surface area contributed by atoms with Crippen LogP contribution in [0.2, 0.25) is 0 Å². The minimum Gasteiger partial charge on any atom is -0.396 e. The van der Waals surface area contributed by atoms with Gasteiger partial charge in [-0.15, -0.1) is 24.9 Å². The van der Waals surface area contributed by atoms with Crippen molar-refractivity contribution in [2.45, 2.75) is 62.6 Å². The number of fused-ring (bicyclic) bond motifs is 1. The number of likely N-dealkylation sites (tertiary alicyclic amines) is 1. The molecule has 2 aromatic rings. The number of aliphatic hydroxyl groups is 1. The molecule has 3 amide bonds. The fourth-order valence-electron chi connectivity index (χ4n) is 8.15. The molecule has 1 N–H and O–H groups in total. The van der Waals surface area contributed by atoms with Gasteiger partial charge in [0.15, 0.2) is 0 Å². The van der Waals surface area contributed by atoms with E-state index in [1.54, 1.807) is 33.7 Å². The minimum atomic E-state index is -0.731. The first kappa shape index (κ1) is 34.8. The molecule has 3 fully saturated rings. The number of amides is 3. The molecule has 3 unspecified atom stereocenters. The summed E-state index contributed by atoms with van der Waals surface area (Å²) in [6.45, 7) is 17.5. The van der Waals surface area contributed by atoms with Crippen molar-refractivity contribution in [2.24, 2.45) is 17.8 Å². The van der Waals surface area contributed by atoms with Crippen LogP contribution < -0.4 is 9.80 Å². The van der Waals surface area contributed by atoms with Gasteiger partial charge in [0.2, 0.25) is 11.8 Å². The van der Waals surface area contributed by atoms with Crippen molar-refractivity contribution in [3.63, 3.8) is 0 Å². The molecule has 9 heteroatoms. The molecule has 0 aliphatic carbocycles. The van der Waals surface area contributed by atoms with Gasteiger partial charge in [0, 0.05) is 62.5 Å². The van der Waals surface area contributed by atoms with E-state index in [9.17, 15) is 19.5 Å². The van der Waals surface area contributed by atoms with Crippen LogP contribution in [0.1, 0.15) is 45.6 Å². The molecule has 3 heterocycles. The fourth-order valence-corrected chi connectivity index (χ4v) is 10.6. The number of hydrogen-bond donors (Lipinski definition) is 1. The van der Waals surface area contributed by atoms with Crippen LogP contribution in [0.25, 0.3) is 0 Å². The lowest BCUT2D eigenvalue weighted by Crippen LogP contribution is -2.57. The molecule has 3 aliphatic heterocycles. The van der Waals surface area contributed by atoms with Crippen LogP contribution in [0.3, 0.4) is 0 Å². The fraction of sp³-hybridized carbons (Fsp3) is 0.500. The number of anilines is 2. The van der Waals surface area contributed by atoms with E-state index in [0.717, 1.165) is 36.4 Å². The second-order valence-electron chi connectivity index (χ2n) is 12.9. The Morgan fingerprint density at radius 1 is 0.979 bits per heavy atom. The molecule has 8 nitrogen and oxygen atoms in total. The Labute approximate surface area is 284 Å². The highest BCUT2D eigenvalue weighted by molar-refractivity contribution is 8.02. The van der Waals surface area contributed by atoms with Crippen molar-refractivity contribution in [3.8, 4) is 0 Å². The summed E-state index contributed by atoms with van der Waals surface area (Å²) in [5.41, 5.74) is 2.86. The molecule has 3 saturated heterocycles. The van der Waals surface area contributed by atoms with Gasteiger partial charge in [0.1, 0.15) is 6.04 Å². The van der Waals surface area contributed by atoms with E-state index >= 15 is 0 Å². The highest BCUT2D eigenvalue weighted by Gasteiger charge is 2.76. The summed E-state index contributed by atoms with van der Waals surface area (Å²) in [7, 11) is 0. The summed E-state index contributed by atoms with van der Waals surface area (Å²) in [4.78, 5) is 51.7. The molecule has 2 aromatic carbocycles. The number of aliphatic hydroxyl groups excluding tert-OH is 1. The molecular weight excluding hydrogens is 609 g/mol. The monoisotopic (exact) mass is 658 g/mol. The van der Waals surface area contributed by atoms with Crippen molar-refractivity contribution < 1.29 is 19.5 Å². The average Bonchev–Trinajstić information content (AvgIpc) is 3.68. The normalized spacial score (nSPS) is 25.8. The van der Waals surface area contributed by atoms with Gasteiger partial charge in [0.25, 0.3) is 5.91 Å². The third kappa shape index (κ3) is 6.36. The topological polar surface area (TPSA) is 84.4 Å². The third-order valence-electron chi connectivity index (χ3n) is 10.3. The number of benzene rings is 2. The summed E-state index contributed by atoms with van der Waals surface area (Å²) in [5.74, 6) is -1.36. The maximum atomic E-state index is 15.0. The maximum absolute atomic E-state index is 15.0. The van der Waals surface area contributed by atoms with E-state index in [4.69, 9.17) is 0 Å². The summed E-state index contributed by atoms with van der Waals surface area (Å²) >= 11 is 1.70. The molecule has 252 valence electrons. The zero-order valence-corrected chi connectivity index (χ0v) is 28.9. The average molecular weight is 659 g/mol. The van der Waals surface area contributed by atoms with E-state index < -0.39 is 22.6 Å². The van der Waals surface area contributed by atoms with Gasteiger partial charge in [-0.25, -0.2) is 0 Å². The van der Waals surface area contributed by atoms with E-state index in [-0.39, 0.29) is 35.5 Å². The molecule has 0 radical (unpaired) electrons. The van der Waals surface area contributed by atoms with E-state index in [2.05, 4.69) is 38.8 Å². The standard InChI is InChI=1S/C38H50N4O4S/c1-6-21-40(26-28-15-11-10-12-16-28)35(44)32-31-25-27(5)38(47-31)33(32)36(45)42(23-13-14-24-43)34(38)37(46)41(22-7-2)30-19-17-29(18-20-30)39(8-3)9-4/h6-7,10-12,15-20,27,31-34,43H,1-2,8-9,13-14,21-26H2,3-5H3/t27?,31-,32+,33-,34?,38?/m0/s1. The number of carbonyl (C=O) groups is 3. The van der Waals surface area contributed by atoms with Gasteiger partial charge >= 0.3 is 0 Å². The van der Waals surface area contributed by atoms with Crippen LogP contribution in [0.5, 0.6) is 0 Å². The smallest absolute Gasteiger partial charge is 0.251 e. The van der Waals surface area contributed by atoms with Crippen LogP contribution in [-0.4, -0.2) is 88.0 Å². The van der Waals surface area contributed by atoms with Crippen LogP contribution in [0.15, 0.2) is 79.9 Å². The van der Waals surface area contributed by atoms with Crippen LogP contribution in [0, 0.1) is 17.8 Å². The van der Waals surface area contributed by atoms with Crippen LogP contribution in [0.4, 0.5) is 11.4 Å². The number of nitrogens with zero attached hydrogens (tertiary/aromatic N) is 4. The van der Waals surface area contributed by atoms with Crippen molar-refractivity contribution >= 4 is 40.9 Å². The van der Waals surface area contributed by atoms with Gasteiger partial charge < -0.3 is 24.7 Å². The van der Waals surface area contributed by atoms with Crippen molar-refractivity contribution in [1.29, 1.82) is 0 Å². The van der Waals surface area contributed by atoms with Crippen molar-refractivity contribution in [1.82, 2.24) is 9.80 Å². The Hall–Kier alpha value is -3.56. The lowest BCUT2D eigenvalue weighted by molar-refractivity contribution is -0.144. The quantitative estimate of drug-likeness (QED) is 0.193. The number of rotatable bonds is 16. The number of thioether (sulfide) groups is 1. The molecule has 47 heavy (non-hydrogen) atoms. The zero-order valence-electron chi connectivity index (χ0n) is 28.1. The van der Waals surface area contributed by atoms with Crippen LogP contribution in [-0.2, 0) is 20.9 Å². The third-order valence-corrected chi connectivity index (χ3v) is 12.4. The lowest BCUT2D eigenvalue weighted by Gasteiger charge is -2.41. The second-order valence-corrected chi connectivity index (χ2v) is 14.5. The van der Waals surface area contributed by atoms with E-state index in [1.807, 2.05) is 59.5 Å². The van der Waals surface area contributed by atoms with Gasteiger partial charge in [-0.3, -0.25) is 14.4 Å². The largest absolute Gasteiger partial charge is 0.396 e. The van der Waals surface area contributed by atoms with Gasteiger partial charge in [-0.05, 0) is 68.9 Å². The molecule has 2 bridgehead atoms. The molecule has 5 rings (SSSR count). The van der Waals surface area contributed by atoms with Gasteiger partial charge in [-0.1, -0.05) is 49.4 Å². The Morgan fingerprint density at radius 3 is 2.26 bits per heavy atom. The molecule has 6 atom stereocenters. The van der Waals surface area contributed by atoms with E-state index in [0.29, 0.717) is 39.0 Å². The van der Waals surface area contributed by atoms with Gasteiger partial charge in [-0.2, -0.15) is 0 Å². The molecule has 0 saturated carbocycles. The summed E-state index contributed by atoms with van der Waals surface area (Å²) in [5, 5.41) is 9.53. The summed E-state index contributed by atoms with van der Waals surface area (Å²) in [6.07, 6.45) is 5.34. The first-order chi connectivity index (χ1) is 22.8. The predicted octanol–water partition coefficient (Wildman–Crippen LogP) is 5.38. The second kappa shape index (κ2) is 15.1. The maximum Gasteiger partial charge on any atom is 0.251 e. The number of carbonyl (C=O) groups excluding carboxylic acids is 3. The van der Waals surface area contributed by atoms with Crippen molar-refractivity contribution in [2.75, 3.05) is 49.1 Å². The Balaban J connectivity index is 1.53. The Kier molecular flexibility index (Phi) is 11.2. The molecular formula is C38H50N4O4S. The number of unbranched alkanes of at least 4 members (excludes halogenated alkanes) is 1. The Morgan fingerprint density at radius 2 is 1.64 bits per heavy atom. The Bertz CT molecular complexity index is 1430. The first-order valence-corrected chi connectivity index (χ1v) is 17.9. The summed E-state index contributed by atoms with van der Waals surface area (Å²) in [6, 6.07) is 17.2. The first-order valence-electron chi connectivity index (χ1n) is 17.1. The minimum absolute atomic E-state index is 0.0149. The van der Waals surface area contributed by atoms with E-state index in [1.165, 1.54) is 0 Å². The highest BCUT2D eigenvalue weighted by atomic mass is 32.2. The molecule has 1 spiro atoms. The molecule has 0 aromatic heterocycles. The zero-order chi connectivity index (χ0) is 33.7. The van der Waals surface area contributed by atoms with Gasteiger partial charge in [0.05, 0.1) is 16.6 Å². The summed E-state index contributed by atoms with van der Waals surface area (Å²) < 4.78 is -0.731. The SMILES string of the molecule is C=CCN(Cc1ccccc1)C(=O)[C@@H]1[C@@H]2CC(C)C3(S2)C(C(=O)N(CC=C)c2ccc(N(CC)CC)cc2)N(CCCCO)C(=O)[C@H]13. The van der Waals surface area contributed by atoms with Crippen LogP contribution >= 0.6 is 11.8 Å². The predicted molar refractivity (Wildman–Crippen MR) is 191 cm³/mol. The molecule has 3 aliphatic rings.